The van der Waals surface area contributed by atoms with Crippen molar-refractivity contribution < 1.29 is 9.53 Å². The number of hydrogen-bond acceptors (Lipinski definition) is 3. The van der Waals surface area contributed by atoms with Gasteiger partial charge in [0.2, 0.25) is 5.91 Å². The van der Waals surface area contributed by atoms with Gasteiger partial charge in [0.1, 0.15) is 0 Å². The fraction of sp³-hybridized carbons (Fsp3) is 0.750. The molecule has 21 heavy (non-hydrogen) atoms. The van der Waals surface area contributed by atoms with Gasteiger partial charge in [-0.3, -0.25) is 9.48 Å². The molecule has 3 heterocycles. The average Bonchev–Trinajstić information content (AvgIpc) is 3.16. The van der Waals surface area contributed by atoms with Crippen LogP contribution >= 0.6 is 0 Å². The Morgan fingerprint density at radius 1 is 1.43 bits per heavy atom. The van der Waals surface area contributed by atoms with Crippen LogP contribution in [-0.2, 0) is 9.53 Å². The standard InChI is InChI=1S/C16H25N3O2/c1-13-10-17-19(11-13)14-4-2-8-18(12-14)16(20)7-6-15-5-3-9-21-15/h10-11,14-15H,2-9,12H2,1H3. The third-order valence-electron chi connectivity index (χ3n) is 4.56. The average molecular weight is 291 g/mol. The van der Waals surface area contributed by atoms with Gasteiger partial charge in [-0.2, -0.15) is 5.10 Å². The number of likely N-dealkylation sites (tertiary alicyclic amines) is 1. The van der Waals surface area contributed by atoms with E-state index in [2.05, 4.69) is 18.2 Å². The van der Waals surface area contributed by atoms with E-state index >= 15 is 0 Å². The Bertz CT molecular complexity index is 480. The van der Waals surface area contributed by atoms with Crippen LogP contribution in [0.2, 0.25) is 0 Å². The summed E-state index contributed by atoms with van der Waals surface area (Å²) in [7, 11) is 0. The van der Waals surface area contributed by atoms with Crippen LogP contribution in [0.25, 0.3) is 0 Å². The van der Waals surface area contributed by atoms with Crippen molar-refractivity contribution in [3.8, 4) is 0 Å². The van der Waals surface area contributed by atoms with Crippen LogP contribution in [0.15, 0.2) is 12.4 Å². The highest BCUT2D eigenvalue weighted by molar-refractivity contribution is 5.76. The third kappa shape index (κ3) is 3.64. The summed E-state index contributed by atoms with van der Waals surface area (Å²) < 4.78 is 7.62. The molecular weight excluding hydrogens is 266 g/mol. The molecule has 5 nitrogen and oxygen atoms in total. The maximum absolute atomic E-state index is 12.4. The monoisotopic (exact) mass is 291 g/mol. The topological polar surface area (TPSA) is 47.4 Å². The summed E-state index contributed by atoms with van der Waals surface area (Å²) in [5.41, 5.74) is 1.18. The fourth-order valence-electron chi connectivity index (χ4n) is 3.34. The van der Waals surface area contributed by atoms with Gasteiger partial charge in [-0.1, -0.05) is 0 Å². The van der Waals surface area contributed by atoms with E-state index in [0.717, 1.165) is 51.8 Å². The second-order valence-electron chi connectivity index (χ2n) is 6.31. The normalized spacial score (nSPS) is 26.2. The molecule has 3 rings (SSSR count). The van der Waals surface area contributed by atoms with Crippen molar-refractivity contribution in [3.63, 3.8) is 0 Å². The van der Waals surface area contributed by atoms with Gasteiger partial charge in [0.25, 0.3) is 0 Å². The van der Waals surface area contributed by atoms with Gasteiger partial charge in [0.15, 0.2) is 0 Å². The Kier molecular flexibility index (Phi) is 4.58. The highest BCUT2D eigenvalue weighted by atomic mass is 16.5. The zero-order valence-corrected chi connectivity index (χ0v) is 12.8. The molecule has 2 aliphatic rings. The van der Waals surface area contributed by atoms with E-state index in [1.807, 2.05) is 15.8 Å². The van der Waals surface area contributed by atoms with Gasteiger partial charge in [0, 0.05) is 32.3 Å². The molecule has 0 saturated carbocycles. The summed E-state index contributed by atoms with van der Waals surface area (Å²) in [5, 5.41) is 4.40. The lowest BCUT2D eigenvalue weighted by molar-refractivity contribution is -0.133. The number of nitrogens with zero attached hydrogens (tertiary/aromatic N) is 3. The van der Waals surface area contributed by atoms with E-state index in [4.69, 9.17) is 4.74 Å². The minimum atomic E-state index is 0.277. The van der Waals surface area contributed by atoms with Crippen molar-refractivity contribution in [2.24, 2.45) is 0 Å². The van der Waals surface area contributed by atoms with E-state index in [9.17, 15) is 4.79 Å². The Morgan fingerprint density at radius 3 is 3.05 bits per heavy atom. The number of piperidine rings is 1. The van der Waals surface area contributed by atoms with Crippen LogP contribution in [0.1, 0.15) is 50.1 Å². The number of carbonyl (C=O) groups is 1. The number of amides is 1. The van der Waals surface area contributed by atoms with E-state index in [-0.39, 0.29) is 5.91 Å². The second-order valence-corrected chi connectivity index (χ2v) is 6.31. The van der Waals surface area contributed by atoms with Crippen molar-refractivity contribution in [2.75, 3.05) is 19.7 Å². The lowest BCUT2D eigenvalue weighted by atomic mass is 10.0. The Morgan fingerprint density at radius 2 is 2.33 bits per heavy atom. The van der Waals surface area contributed by atoms with Crippen molar-refractivity contribution in [1.29, 1.82) is 0 Å². The zero-order chi connectivity index (χ0) is 14.7. The van der Waals surface area contributed by atoms with Gasteiger partial charge in [0.05, 0.1) is 18.3 Å². The van der Waals surface area contributed by atoms with Gasteiger partial charge in [-0.05, 0) is 44.6 Å². The van der Waals surface area contributed by atoms with E-state index in [0.29, 0.717) is 18.6 Å². The van der Waals surface area contributed by atoms with Gasteiger partial charge in [-0.25, -0.2) is 0 Å². The largest absolute Gasteiger partial charge is 0.378 e. The van der Waals surface area contributed by atoms with Crippen LogP contribution in [0.5, 0.6) is 0 Å². The molecule has 0 N–H and O–H groups in total. The summed E-state index contributed by atoms with van der Waals surface area (Å²) in [6.45, 7) is 4.60. The molecule has 1 amide bonds. The summed E-state index contributed by atoms with van der Waals surface area (Å²) in [6, 6.07) is 0.333. The first-order chi connectivity index (χ1) is 10.2. The molecule has 1 aromatic rings. The number of aryl methyl sites for hydroxylation is 1. The van der Waals surface area contributed by atoms with Crippen molar-refractivity contribution in [1.82, 2.24) is 14.7 Å². The van der Waals surface area contributed by atoms with Crippen molar-refractivity contribution >= 4 is 5.91 Å². The first kappa shape index (κ1) is 14.6. The number of carbonyl (C=O) groups excluding carboxylic acids is 1. The van der Waals surface area contributed by atoms with E-state index in [1.54, 1.807) is 0 Å². The van der Waals surface area contributed by atoms with Crippen molar-refractivity contribution in [2.45, 2.75) is 57.6 Å². The molecule has 0 bridgehead atoms. The molecule has 2 saturated heterocycles. The summed E-state index contributed by atoms with van der Waals surface area (Å²) in [5.74, 6) is 0.277. The van der Waals surface area contributed by atoms with Crippen LogP contribution in [0.4, 0.5) is 0 Å². The predicted molar refractivity (Wildman–Crippen MR) is 80.0 cm³/mol. The first-order valence-corrected chi connectivity index (χ1v) is 8.12. The Labute approximate surface area is 126 Å². The van der Waals surface area contributed by atoms with Gasteiger partial charge in [-0.15, -0.1) is 0 Å². The highest BCUT2D eigenvalue weighted by Crippen LogP contribution is 2.23. The summed E-state index contributed by atoms with van der Waals surface area (Å²) >= 11 is 0. The predicted octanol–water partition coefficient (Wildman–Crippen LogP) is 2.31. The molecule has 2 unspecified atom stereocenters. The molecule has 0 spiro atoms. The fourth-order valence-corrected chi connectivity index (χ4v) is 3.34. The minimum absolute atomic E-state index is 0.277. The molecular formula is C16H25N3O2. The third-order valence-corrected chi connectivity index (χ3v) is 4.56. The number of ether oxygens (including phenoxy) is 1. The smallest absolute Gasteiger partial charge is 0.222 e. The van der Waals surface area contributed by atoms with E-state index in [1.165, 1.54) is 5.56 Å². The number of aromatic nitrogens is 2. The molecule has 2 aliphatic heterocycles. The van der Waals surface area contributed by atoms with Gasteiger partial charge < -0.3 is 9.64 Å². The van der Waals surface area contributed by atoms with Crippen LogP contribution in [-0.4, -0.2) is 46.4 Å². The molecule has 5 heteroatoms. The Balaban J connectivity index is 1.51. The summed E-state index contributed by atoms with van der Waals surface area (Å²) in [4.78, 5) is 14.4. The van der Waals surface area contributed by atoms with Crippen LogP contribution < -0.4 is 0 Å². The lowest BCUT2D eigenvalue weighted by Gasteiger charge is -2.33. The molecule has 0 aromatic carbocycles. The maximum Gasteiger partial charge on any atom is 0.222 e. The molecule has 116 valence electrons. The van der Waals surface area contributed by atoms with Gasteiger partial charge >= 0.3 is 0 Å². The first-order valence-electron chi connectivity index (χ1n) is 8.12. The minimum Gasteiger partial charge on any atom is -0.378 e. The molecule has 1 aromatic heterocycles. The zero-order valence-electron chi connectivity index (χ0n) is 12.8. The quantitative estimate of drug-likeness (QED) is 0.855. The number of rotatable bonds is 4. The Hall–Kier alpha value is -1.36. The molecule has 2 fully saturated rings. The molecule has 0 aliphatic carbocycles. The van der Waals surface area contributed by atoms with E-state index < -0.39 is 0 Å². The van der Waals surface area contributed by atoms with Crippen molar-refractivity contribution in [3.05, 3.63) is 18.0 Å². The van der Waals surface area contributed by atoms with Crippen LogP contribution in [0, 0.1) is 6.92 Å². The SMILES string of the molecule is Cc1cnn(C2CCCN(C(=O)CCC3CCCO3)C2)c1. The molecule has 2 atom stereocenters. The lowest BCUT2D eigenvalue weighted by Crippen LogP contribution is -2.41. The van der Waals surface area contributed by atoms with Crippen LogP contribution in [0.3, 0.4) is 0 Å². The second kappa shape index (κ2) is 6.60. The molecule has 0 radical (unpaired) electrons. The maximum atomic E-state index is 12.4. The number of hydrogen-bond donors (Lipinski definition) is 0. The highest BCUT2D eigenvalue weighted by Gasteiger charge is 2.26. The summed E-state index contributed by atoms with van der Waals surface area (Å²) in [6.07, 6.45) is 10.2.